The summed E-state index contributed by atoms with van der Waals surface area (Å²) in [5.41, 5.74) is 0. The Labute approximate surface area is 106 Å². The maximum absolute atomic E-state index is 12.0. The van der Waals surface area contributed by atoms with E-state index in [2.05, 4.69) is 4.72 Å². The number of hydrogen-bond donors (Lipinski definition) is 2. The second-order valence-corrected chi connectivity index (χ2v) is 5.72. The Morgan fingerprint density at radius 2 is 2.00 bits per heavy atom. The number of nitrogens with one attached hydrogen (secondary N) is 1. The van der Waals surface area contributed by atoms with Gasteiger partial charge in [-0.3, -0.25) is 0 Å². The van der Waals surface area contributed by atoms with Crippen LogP contribution in [0.25, 0.3) is 0 Å². The second-order valence-electron chi connectivity index (χ2n) is 4.01. The van der Waals surface area contributed by atoms with E-state index in [-0.39, 0.29) is 11.5 Å². The minimum absolute atomic E-state index is 0.0899. The van der Waals surface area contributed by atoms with Crippen molar-refractivity contribution in [2.75, 3.05) is 19.8 Å². The molecule has 2 rings (SSSR count). The van der Waals surface area contributed by atoms with Gasteiger partial charge in [0, 0.05) is 12.1 Å². The van der Waals surface area contributed by atoms with E-state index >= 15 is 0 Å². The molecule has 1 unspecified atom stereocenters. The van der Waals surface area contributed by atoms with Crippen molar-refractivity contribution in [1.29, 1.82) is 0 Å². The van der Waals surface area contributed by atoms with E-state index in [9.17, 15) is 8.42 Å². The Balaban J connectivity index is 2.28. The third-order valence-corrected chi connectivity index (χ3v) is 4.04. The number of ether oxygens (including phenoxy) is 2. The number of aliphatic hydroxyl groups excluding tert-OH is 1. The molecular weight excluding hydrogens is 258 g/mol. The highest BCUT2D eigenvalue weighted by Crippen LogP contribution is 2.32. The first-order valence-corrected chi connectivity index (χ1v) is 7.04. The number of hydrogen-bond acceptors (Lipinski definition) is 5. The molecular formula is C11H15NO5S. The topological polar surface area (TPSA) is 84.9 Å². The summed E-state index contributed by atoms with van der Waals surface area (Å²) in [6.07, 6.45) is 0. The van der Waals surface area contributed by atoms with Crippen LogP contribution >= 0.6 is 0 Å². The van der Waals surface area contributed by atoms with Crippen molar-refractivity contribution >= 4 is 10.0 Å². The van der Waals surface area contributed by atoms with Gasteiger partial charge in [-0.05, 0) is 19.1 Å². The van der Waals surface area contributed by atoms with Crippen LogP contribution in [-0.2, 0) is 10.0 Å². The van der Waals surface area contributed by atoms with Gasteiger partial charge in [0.1, 0.15) is 13.2 Å². The number of rotatable bonds is 4. The fourth-order valence-electron chi connectivity index (χ4n) is 1.56. The predicted molar refractivity (Wildman–Crippen MR) is 64.3 cm³/mol. The van der Waals surface area contributed by atoms with Crippen LogP contribution in [0, 0.1) is 0 Å². The van der Waals surface area contributed by atoms with Crippen molar-refractivity contribution in [3.05, 3.63) is 18.2 Å². The Morgan fingerprint density at radius 1 is 1.33 bits per heavy atom. The van der Waals surface area contributed by atoms with Gasteiger partial charge in [-0.1, -0.05) is 0 Å². The summed E-state index contributed by atoms with van der Waals surface area (Å²) in [6.45, 7) is 2.18. The molecule has 1 aliphatic heterocycles. The molecule has 100 valence electrons. The van der Waals surface area contributed by atoms with Gasteiger partial charge >= 0.3 is 0 Å². The van der Waals surface area contributed by atoms with Crippen LogP contribution in [0.1, 0.15) is 6.92 Å². The quantitative estimate of drug-likeness (QED) is 0.813. The minimum Gasteiger partial charge on any atom is -0.486 e. The summed E-state index contributed by atoms with van der Waals surface area (Å²) in [4.78, 5) is 0.0899. The summed E-state index contributed by atoms with van der Waals surface area (Å²) >= 11 is 0. The SMILES string of the molecule is CC(CO)NS(=O)(=O)c1ccc2c(c1)OCCO2. The molecule has 7 heteroatoms. The standard InChI is InChI=1S/C11H15NO5S/c1-8(7-13)12-18(14,15)9-2-3-10-11(6-9)17-5-4-16-10/h2-3,6,8,12-13H,4-5,7H2,1H3. The van der Waals surface area contributed by atoms with Gasteiger partial charge in [0.05, 0.1) is 11.5 Å². The molecule has 1 aliphatic rings. The van der Waals surface area contributed by atoms with Crippen LogP contribution in [0.15, 0.2) is 23.1 Å². The van der Waals surface area contributed by atoms with E-state index in [0.717, 1.165) is 0 Å². The fraction of sp³-hybridized carbons (Fsp3) is 0.455. The summed E-state index contributed by atoms with van der Waals surface area (Å²) < 4.78 is 36.9. The lowest BCUT2D eigenvalue weighted by Crippen LogP contribution is -2.35. The summed E-state index contributed by atoms with van der Waals surface area (Å²) in [5, 5.41) is 8.87. The molecule has 6 nitrogen and oxygen atoms in total. The molecule has 18 heavy (non-hydrogen) atoms. The molecule has 0 radical (unpaired) electrons. The van der Waals surface area contributed by atoms with Crippen LogP contribution in [0.4, 0.5) is 0 Å². The molecule has 2 N–H and O–H groups in total. The first kappa shape index (κ1) is 13.1. The van der Waals surface area contributed by atoms with Crippen LogP contribution < -0.4 is 14.2 Å². The van der Waals surface area contributed by atoms with Gasteiger partial charge in [-0.25, -0.2) is 13.1 Å². The maximum Gasteiger partial charge on any atom is 0.241 e. The average Bonchev–Trinajstić information content (AvgIpc) is 2.37. The fourth-order valence-corrected chi connectivity index (χ4v) is 2.81. The van der Waals surface area contributed by atoms with Crippen molar-refractivity contribution < 1.29 is 23.0 Å². The largest absolute Gasteiger partial charge is 0.486 e. The van der Waals surface area contributed by atoms with E-state index in [1.165, 1.54) is 12.1 Å². The Kier molecular flexibility index (Phi) is 3.74. The Bertz CT molecular complexity index is 528. The van der Waals surface area contributed by atoms with Gasteiger partial charge in [0.25, 0.3) is 0 Å². The van der Waals surface area contributed by atoms with Gasteiger partial charge in [-0.15, -0.1) is 0 Å². The highest BCUT2D eigenvalue weighted by Gasteiger charge is 2.20. The first-order chi connectivity index (χ1) is 8.53. The average molecular weight is 273 g/mol. The smallest absolute Gasteiger partial charge is 0.241 e. The van der Waals surface area contributed by atoms with Crippen molar-refractivity contribution in [3.63, 3.8) is 0 Å². The lowest BCUT2D eigenvalue weighted by Gasteiger charge is -2.19. The van der Waals surface area contributed by atoms with E-state index in [1.54, 1.807) is 13.0 Å². The van der Waals surface area contributed by atoms with Crippen molar-refractivity contribution in [2.24, 2.45) is 0 Å². The number of sulfonamides is 1. The van der Waals surface area contributed by atoms with Crippen molar-refractivity contribution in [1.82, 2.24) is 4.72 Å². The second kappa shape index (κ2) is 5.13. The highest BCUT2D eigenvalue weighted by atomic mass is 32.2. The van der Waals surface area contributed by atoms with Gasteiger partial charge in [0.2, 0.25) is 10.0 Å². The molecule has 0 amide bonds. The Hall–Kier alpha value is -1.31. The molecule has 0 aromatic heterocycles. The lowest BCUT2D eigenvalue weighted by atomic mass is 10.3. The number of aliphatic hydroxyl groups is 1. The van der Waals surface area contributed by atoms with Crippen molar-refractivity contribution in [3.8, 4) is 11.5 Å². The molecule has 0 fully saturated rings. The highest BCUT2D eigenvalue weighted by molar-refractivity contribution is 7.89. The number of benzene rings is 1. The summed E-state index contributed by atoms with van der Waals surface area (Å²) in [5.74, 6) is 0.955. The normalized spacial score (nSPS) is 16.3. The molecule has 1 aromatic rings. The molecule has 0 bridgehead atoms. The zero-order valence-electron chi connectivity index (χ0n) is 9.92. The molecule has 0 aliphatic carbocycles. The molecule has 0 saturated carbocycles. The third kappa shape index (κ3) is 2.74. The van der Waals surface area contributed by atoms with Gasteiger partial charge in [-0.2, -0.15) is 0 Å². The van der Waals surface area contributed by atoms with Crippen molar-refractivity contribution in [2.45, 2.75) is 17.9 Å². The van der Waals surface area contributed by atoms with E-state index in [0.29, 0.717) is 24.7 Å². The van der Waals surface area contributed by atoms with E-state index in [4.69, 9.17) is 14.6 Å². The molecule has 0 spiro atoms. The van der Waals surface area contributed by atoms with Crippen LogP contribution in [0.5, 0.6) is 11.5 Å². The van der Waals surface area contributed by atoms with Gasteiger partial charge < -0.3 is 14.6 Å². The van der Waals surface area contributed by atoms with E-state index < -0.39 is 16.1 Å². The molecule has 0 saturated heterocycles. The van der Waals surface area contributed by atoms with Crippen LogP contribution in [0.2, 0.25) is 0 Å². The van der Waals surface area contributed by atoms with E-state index in [1.807, 2.05) is 0 Å². The number of fused-ring (bicyclic) bond motifs is 1. The maximum atomic E-state index is 12.0. The third-order valence-electron chi connectivity index (χ3n) is 2.45. The summed E-state index contributed by atoms with van der Waals surface area (Å²) in [6, 6.07) is 3.89. The van der Waals surface area contributed by atoms with Crippen LogP contribution in [-0.4, -0.2) is 39.4 Å². The monoisotopic (exact) mass is 273 g/mol. The lowest BCUT2D eigenvalue weighted by molar-refractivity contribution is 0.171. The predicted octanol–water partition coefficient (Wildman–Crippen LogP) is 0.117. The molecule has 1 heterocycles. The van der Waals surface area contributed by atoms with Gasteiger partial charge in [0.15, 0.2) is 11.5 Å². The summed E-state index contributed by atoms with van der Waals surface area (Å²) in [7, 11) is -3.65. The molecule has 1 aromatic carbocycles. The zero-order valence-corrected chi connectivity index (χ0v) is 10.7. The minimum atomic E-state index is -3.65. The Morgan fingerprint density at radius 3 is 2.67 bits per heavy atom. The zero-order chi connectivity index (χ0) is 13.2. The first-order valence-electron chi connectivity index (χ1n) is 5.56. The molecule has 1 atom stereocenters. The van der Waals surface area contributed by atoms with Crippen LogP contribution in [0.3, 0.4) is 0 Å².